The molecule has 0 unspecified atom stereocenters. The third-order valence-electron chi connectivity index (χ3n) is 5.34. The topological polar surface area (TPSA) is 86.3 Å². The van der Waals surface area contributed by atoms with Gasteiger partial charge in [0.2, 0.25) is 5.91 Å². The number of nitrogens with zero attached hydrogens (tertiary/aromatic N) is 3. The van der Waals surface area contributed by atoms with Crippen LogP contribution in [0.25, 0.3) is 0 Å². The summed E-state index contributed by atoms with van der Waals surface area (Å²) >= 11 is 0. The van der Waals surface area contributed by atoms with Crippen molar-refractivity contribution in [1.82, 2.24) is 20.4 Å². The second kappa shape index (κ2) is 12.2. The summed E-state index contributed by atoms with van der Waals surface area (Å²) in [5.41, 5.74) is -1.03. The number of carbonyl (C=O) groups is 2. The van der Waals surface area contributed by atoms with Gasteiger partial charge in [-0.05, 0) is 74.1 Å². The van der Waals surface area contributed by atoms with Gasteiger partial charge in [0, 0.05) is 39.3 Å². The quantitative estimate of drug-likeness (QED) is 0.448. The van der Waals surface area contributed by atoms with Gasteiger partial charge in [0.05, 0.1) is 12.0 Å². The van der Waals surface area contributed by atoms with Crippen LogP contribution in [0.2, 0.25) is 0 Å². The lowest BCUT2D eigenvalue weighted by Gasteiger charge is -2.37. The molecule has 0 aromatic carbocycles. The Morgan fingerprint density at radius 1 is 1.03 bits per heavy atom. The summed E-state index contributed by atoms with van der Waals surface area (Å²) in [5.74, 6) is 1.33. The first-order valence-corrected chi connectivity index (χ1v) is 11.7. The van der Waals surface area contributed by atoms with Gasteiger partial charge in [-0.15, -0.1) is 0 Å². The molecule has 0 aromatic rings. The first-order valence-electron chi connectivity index (χ1n) is 11.7. The molecule has 0 aliphatic carbocycles. The van der Waals surface area contributed by atoms with Gasteiger partial charge >= 0.3 is 6.09 Å². The van der Waals surface area contributed by atoms with Crippen molar-refractivity contribution < 1.29 is 14.3 Å². The van der Waals surface area contributed by atoms with E-state index in [4.69, 9.17) is 9.73 Å². The number of guanidine groups is 1. The molecule has 1 saturated heterocycles. The molecule has 0 radical (unpaired) electrons. The second-order valence-electron chi connectivity index (χ2n) is 9.86. The SMILES string of the molecule is CCNC(=O)C(C)(C)CN=C(NCC)N1CCC(CN(CC)C(=O)OC(C)(C)C)CC1. The minimum atomic E-state index is -0.552. The number of ether oxygens (including phenoxy) is 1. The molecule has 2 N–H and O–H groups in total. The molecule has 0 bridgehead atoms. The van der Waals surface area contributed by atoms with Crippen LogP contribution in [0, 0.1) is 11.3 Å². The van der Waals surface area contributed by atoms with Crippen molar-refractivity contribution in [2.24, 2.45) is 16.3 Å². The molecule has 0 atom stereocenters. The maximum atomic E-state index is 12.4. The Morgan fingerprint density at radius 2 is 1.61 bits per heavy atom. The van der Waals surface area contributed by atoms with Crippen LogP contribution in [0.3, 0.4) is 0 Å². The lowest BCUT2D eigenvalue weighted by molar-refractivity contribution is -0.128. The Hall–Kier alpha value is -1.99. The molecular formula is C23H45N5O3. The van der Waals surface area contributed by atoms with Crippen LogP contribution >= 0.6 is 0 Å². The summed E-state index contributed by atoms with van der Waals surface area (Å²) in [5, 5.41) is 6.26. The number of nitrogens with one attached hydrogen (secondary N) is 2. The minimum Gasteiger partial charge on any atom is -0.444 e. The molecule has 180 valence electrons. The van der Waals surface area contributed by atoms with Crippen molar-refractivity contribution in [2.45, 2.75) is 73.8 Å². The molecule has 1 aliphatic heterocycles. The molecular weight excluding hydrogens is 394 g/mol. The Balaban J connectivity index is 2.68. The number of amides is 2. The fraction of sp³-hybridized carbons (Fsp3) is 0.870. The van der Waals surface area contributed by atoms with E-state index in [-0.39, 0.29) is 12.0 Å². The van der Waals surface area contributed by atoms with E-state index in [1.54, 1.807) is 4.90 Å². The van der Waals surface area contributed by atoms with E-state index in [0.29, 0.717) is 25.6 Å². The summed E-state index contributed by atoms with van der Waals surface area (Å²) in [4.78, 5) is 33.5. The predicted octanol–water partition coefficient (Wildman–Crippen LogP) is 3.08. The van der Waals surface area contributed by atoms with Gasteiger partial charge in [0.25, 0.3) is 0 Å². The molecule has 1 fully saturated rings. The van der Waals surface area contributed by atoms with Crippen LogP contribution in [-0.4, -0.2) is 79.2 Å². The van der Waals surface area contributed by atoms with E-state index in [2.05, 4.69) is 22.5 Å². The highest BCUT2D eigenvalue weighted by atomic mass is 16.6. The van der Waals surface area contributed by atoms with E-state index >= 15 is 0 Å². The van der Waals surface area contributed by atoms with Crippen LogP contribution in [0.1, 0.15) is 68.2 Å². The van der Waals surface area contributed by atoms with Crippen LogP contribution in [0.5, 0.6) is 0 Å². The highest BCUT2D eigenvalue weighted by Crippen LogP contribution is 2.21. The van der Waals surface area contributed by atoms with Gasteiger partial charge in [0.15, 0.2) is 5.96 Å². The standard InChI is InChI=1S/C23H45N5O3/c1-9-24-19(29)23(7,8)17-26-20(25-10-2)28-14-12-18(13-15-28)16-27(11-3)21(30)31-22(4,5)6/h18H,9-17H2,1-8H3,(H,24,29)(H,25,26). The van der Waals surface area contributed by atoms with Crippen LogP contribution in [-0.2, 0) is 9.53 Å². The molecule has 0 saturated carbocycles. The number of aliphatic imine (C=N–C) groups is 1. The zero-order chi connectivity index (χ0) is 23.7. The number of rotatable bonds is 8. The molecule has 8 heteroatoms. The molecule has 1 rings (SSSR count). The first kappa shape index (κ1) is 27.0. The monoisotopic (exact) mass is 439 g/mol. The van der Waals surface area contributed by atoms with Crippen LogP contribution < -0.4 is 10.6 Å². The highest BCUT2D eigenvalue weighted by Gasteiger charge is 2.29. The second-order valence-corrected chi connectivity index (χ2v) is 9.86. The Morgan fingerprint density at radius 3 is 2.10 bits per heavy atom. The number of likely N-dealkylation sites (tertiary alicyclic amines) is 1. The number of carbonyl (C=O) groups excluding carboxylic acids is 2. The average Bonchev–Trinajstić information content (AvgIpc) is 2.68. The molecule has 1 aliphatic rings. The summed E-state index contributed by atoms with van der Waals surface area (Å²) in [6, 6.07) is 0. The number of hydrogen-bond donors (Lipinski definition) is 2. The van der Waals surface area contributed by atoms with Crippen molar-refractivity contribution >= 4 is 18.0 Å². The largest absolute Gasteiger partial charge is 0.444 e. The highest BCUT2D eigenvalue weighted by molar-refractivity contribution is 5.83. The Bertz CT molecular complexity index is 605. The Labute approximate surface area is 189 Å². The van der Waals surface area contributed by atoms with Crippen molar-refractivity contribution in [3.05, 3.63) is 0 Å². The predicted molar refractivity (Wildman–Crippen MR) is 126 cm³/mol. The van der Waals surface area contributed by atoms with Gasteiger partial charge in [0.1, 0.15) is 5.60 Å². The summed E-state index contributed by atoms with van der Waals surface area (Å²) in [6.45, 7) is 20.5. The summed E-state index contributed by atoms with van der Waals surface area (Å²) < 4.78 is 5.54. The first-order chi connectivity index (χ1) is 14.4. The van der Waals surface area contributed by atoms with Crippen molar-refractivity contribution in [2.75, 3.05) is 45.8 Å². The fourth-order valence-corrected chi connectivity index (χ4v) is 3.47. The molecule has 31 heavy (non-hydrogen) atoms. The van der Waals surface area contributed by atoms with Crippen LogP contribution in [0.15, 0.2) is 4.99 Å². The van der Waals surface area contributed by atoms with Crippen molar-refractivity contribution in [3.8, 4) is 0 Å². The van der Waals surface area contributed by atoms with Gasteiger partial charge in [-0.2, -0.15) is 0 Å². The van der Waals surface area contributed by atoms with E-state index in [1.807, 2.05) is 48.5 Å². The van der Waals surface area contributed by atoms with Gasteiger partial charge in [-0.3, -0.25) is 9.79 Å². The van der Waals surface area contributed by atoms with Crippen molar-refractivity contribution in [3.63, 3.8) is 0 Å². The lowest BCUT2D eigenvalue weighted by Crippen LogP contribution is -2.48. The van der Waals surface area contributed by atoms with Gasteiger partial charge in [-0.25, -0.2) is 4.79 Å². The maximum Gasteiger partial charge on any atom is 0.410 e. The normalized spacial score (nSPS) is 16.1. The zero-order valence-corrected chi connectivity index (χ0v) is 21.0. The Kier molecular flexibility index (Phi) is 10.6. The maximum absolute atomic E-state index is 12.4. The summed E-state index contributed by atoms with van der Waals surface area (Å²) in [7, 11) is 0. The molecule has 1 heterocycles. The van der Waals surface area contributed by atoms with E-state index < -0.39 is 11.0 Å². The zero-order valence-electron chi connectivity index (χ0n) is 21.0. The number of piperidine rings is 1. The van der Waals surface area contributed by atoms with Gasteiger partial charge in [-0.1, -0.05) is 0 Å². The minimum absolute atomic E-state index is 0.0232. The molecule has 0 aromatic heterocycles. The third kappa shape index (κ3) is 9.35. The lowest BCUT2D eigenvalue weighted by atomic mass is 9.92. The smallest absolute Gasteiger partial charge is 0.410 e. The average molecular weight is 440 g/mol. The fourth-order valence-electron chi connectivity index (χ4n) is 3.47. The van der Waals surface area contributed by atoms with E-state index in [0.717, 1.165) is 45.0 Å². The van der Waals surface area contributed by atoms with E-state index in [9.17, 15) is 9.59 Å². The molecule has 8 nitrogen and oxygen atoms in total. The molecule has 0 spiro atoms. The van der Waals surface area contributed by atoms with Crippen LogP contribution in [0.4, 0.5) is 4.79 Å². The van der Waals surface area contributed by atoms with Crippen molar-refractivity contribution in [1.29, 1.82) is 0 Å². The third-order valence-corrected chi connectivity index (χ3v) is 5.34. The molecule has 2 amide bonds. The summed E-state index contributed by atoms with van der Waals surface area (Å²) in [6.07, 6.45) is 1.74. The van der Waals surface area contributed by atoms with E-state index in [1.165, 1.54) is 0 Å². The van der Waals surface area contributed by atoms with Gasteiger partial charge < -0.3 is 25.2 Å². The number of hydrogen-bond acceptors (Lipinski definition) is 4.